The largest absolute Gasteiger partial charge is 0.455 e. The van der Waals surface area contributed by atoms with E-state index in [9.17, 15) is 0 Å². The summed E-state index contributed by atoms with van der Waals surface area (Å²) in [5.74, 6) is 0. The Morgan fingerprint density at radius 3 is 1.76 bits per heavy atom. The van der Waals surface area contributed by atoms with Crippen molar-refractivity contribution in [3.05, 3.63) is 206 Å². The summed E-state index contributed by atoms with van der Waals surface area (Å²) in [5, 5.41) is 7.00. The lowest BCUT2D eigenvalue weighted by atomic mass is 9.97. The highest BCUT2D eigenvalue weighted by molar-refractivity contribution is 6.18. The standard InChI is InChI=1S/C52H34N2O/c1-2-15-35(16-3-1)36-29-31-38(32-30-36)53(45-27-14-18-37-17-4-5-19-39(37)45)49-34-33-43(52-51(49)44-23-9-13-28-50(44)55-52)42-22-8-12-26-48(42)54-46-24-10-6-20-40(46)41-21-7-11-25-47(41)54/h1-34H. The summed E-state index contributed by atoms with van der Waals surface area (Å²) in [6.45, 7) is 0. The molecule has 11 aromatic rings. The van der Waals surface area contributed by atoms with E-state index < -0.39 is 0 Å². The van der Waals surface area contributed by atoms with Gasteiger partial charge in [-0.3, -0.25) is 0 Å². The summed E-state index contributed by atoms with van der Waals surface area (Å²) in [7, 11) is 0. The predicted molar refractivity (Wildman–Crippen MR) is 231 cm³/mol. The van der Waals surface area contributed by atoms with Crippen molar-refractivity contribution >= 4 is 71.6 Å². The first kappa shape index (κ1) is 31.2. The highest BCUT2D eigenvalue weighted by Crippen LogP contribution is 2.48. The Balaban J connectivity index is 1.19. The fraction of sp³-hybridized carbons (Fsp3) is 0. The first-order chi connectivity index (χ1) is 27.3. The molecule has 11 rings (SSSR count). The monoisotopic (exact) mass is 702 g/mol. The molecule has 0 atom stereocenters. The average Bonchev–Trinajstić information content (AvgIpc) is 3.81. The summed E-state index contributed by atoms with van der Waals surface area (Å²) in [6, 6.07) is 73.8. The van der Waals surface area contributed by atoms with E-state index in [0.29, 0.717) is 0 Å². The molecule has 2 heterocycles. The van der Waals surface area contributed by atoms with Crippen LogP contribution in [0.4, 0.5) is 17.1 Å². The molecule has 0 amide bonds. The zero-order chi connectivity index (χ0) is 36.3. The van der Waals surface area contributed by atoms with E-state index in [-0.39, 0.29) is 0 Å². The van der Waals surface area contributed by atoms with Crippen LogP contribution in [-0.2, 0) is 0 Å². The molecule has 0 saturated carbocycles. The van der Waals surface area contributed by atoms with E-state index in [0.717, 1.165) is 55.8 Å². The van der Waals surface area contributed by atoms with Crippen molar-refractivity contribution in [1.29, 1.82) is 0 Å². The molecule has 55 heavy (non-hydrogen) atoms. The van der Waals surface area contributed by atoms with Gasteiger partial charge in [0, 0.05) is 38.4 Å². The number of rotatable bonds is 6. The molecule has 0 bridgehead atoms. The van der Waals surface area contributed by atoms with Crippen LogP contribution >= 0.6 is 0 Å². The van der Waals surface area contributed by atoms with Crippen LogP contribution in [0.15, 0.2) is 211 Å². The molecule has 3 nitrogen and oxygen atoms in total. The fourth-order valence-corrected chi connectivity index (χ4v) is 8.53. The molecule has 3 heteroatoms. The van der Waals surface area contributed by atoms with Crippen LogP contribution in [-0.4, -0.2) is 4.57 Å². The molecule has 0 saturated heterocycles. The lowest BCUT2D eigenvalue weighted by molar-refractivity contribution is 0.670. The quantitative estimate of drug-likeness (QED) is 0.172. The maximum atomic E-state index is 6.98. The van der Waals surface area contributed by atoms with Gasteiger partial charge < -0.3 is 13.9 Å². The van der Waals surface area contributed by atoms with Gasteiger partial charge in [0.2, 0.25) is 0 Å². The number of aromatic nitrogens is 1. The summed E-state index contributed by atoms with van der Waals surface area (Å²) in [5.41, 5.74) is 12.9. The van der Waals surface area contributed by atoms with Crippen LogP contribution in [0, 0.1) is 0 Å². The summed E-state index contributed by atoms with van der Waals surface area (Å²) >= 11 is 0. The molecule has 2 aromatic heterocycles. The van der Waals surface area contributed by atoms with Gasteiger partial charge in [0.25, 0.3) is 0 Å². The number of anilines is 3. The minimum atomic E-state index is 0.859. The SMILES string of the molecule is c1ccc(-c2ccc(N(c3cccc4ccccc34)c3ccc(-c4ccccc4-n4c5ccccc5c5ccccc54)c4oc5ccccc5c34)cc2)cc1. The molecule has 0 fully saturated rings. The van der Waals surface area contributed by atoms with E-state index in [4.69, 9.17) is 4.42 Å². The number of furan rings is 1. The molecule has 0 aliphatic heterocycles. The third kappa shape index (κ3) is 4.98. The van der Waals surface area contributed by atoms with Crippen LogP contribution in [0.1, 0.15) is 0 Å². The van der Waals surface area contributed by atoms with Gasteiger partial charge in [-0.1, -0.05) is 152 Å². The number of hydrogen-bond acceptors (Lipinski definition) is 2. The predicted octanol–water partition coefficient (Wildman–Crippen LogP) is 14.6. The van der Waals surface area contributed by atoms with Crippen LogP contribution in [0.5, 0.6) is 0 Å². The Hall–Kier alpha value is -7.36. The van der Waals surface area contributed by atoms with E-state index >= 15 is 0 Å². The van der Waals surface area contributed by atoms with Gasteiger partial charge in [0.1, 0.15) is 11.2 Å². The first-order valence-electron chi connectivity index (χ1n) is 18.8. The van der Waals surface area contributed by atoms with Gasteiger partial charge in [-0.2, -0.15) is 0 Å². The van der Waals surface area contributed by atoms with Crippen molar-refractivity contribution in [3.8, 4) is 27.9 Å². The maximum absolute atomic E-state index is 6.98. The van der Waals surface area contributed by atoms with Crippen molar-refractivity contribution in [2.45, 2.75) is 0 Å². The highest BCUT2D eigenvalue weighted by Gasteiger charge is 2.25. The van der Waals surface area contributed by atoms with Crippen molar-refractivity contribution in [2.24, 2.45) is 0 Å². The fourth-order valence-electron chi connectivity index (χ4n) is 8.53. The molecule has 9 aromatic carbocycles. The molecule has 0 radical (unpaired) electrons. The van der Waals surface area contributed by atoms with Gasteiger partial charge in [-0.25, -0.2) is 0 Å². The third-order valence-corrected chi connectivity index (χ3v) is 11.0. The number of nitrogens with zero attached hydrogens (tertiary/aromatic N) is 2. The lowest BCUT2D eigenvalue weighted by Gasteiger charge is -2.28. The van der Waals surface area contributed by atoms with Crippen LogP contribution in [0.3, 0.4) is 0 Å². The van der Waals surface area contributed by atoms with E-state index in [2.05, 4.69) is 216 Å². The zero-order valence-corrected chi connectivity index (χ0v) is 29.9. The minimum absolute atomic E-state index is 0.859. The van der Waals surface area contributed by atoms with Crippen LogP contribution < -0.4 is 4.90 Å². The summed E-state index contributed by atoms with van der Waals surface area (Å²) in [4.78, 5) is 2.41. The molecular weight excluding hydrogens is 669 g/mol. The maximum Gasteiger partial charge on any atom is 0.145 e. The molecule has 0 spiro atoms. The molecule has 0 aliphatic rings. The van der Waals surface area contributed by atoms with E-state index in [1.807, 2.05) is 0 Å². The average molecular weight is 703 g/mol. The van der Waals surface area contributed by atoms with Crippen LogP contribution in [0.25, 0.3) is 82.5 Å². The first-order valence-corrected chi connectivity index (χ1v) is 18.8. The van der Waals surface area contributed by atoms with Crippen molar-refractivity contribution in [1.82, 2.24) is 4.57 Å². The Kier molecular flexibility index (Phi) is 7.17. The smallest absolute Gasteiger partial charge is 0.145 e. The molecule has 0 aliphatic carbocycles. The normalized spacial score (nSPS) is 11.6. The Bertz CT molecular complexity index is 3150. The zero-order valence-electron chi connectivity index (χ0n) is 29.9. The number of fused-ring (bicyclic) bond motifs is 7. The lowest BCUT2D eigenvalue weighted by Crippen LogP contribution is -2.11. The highest BCUT2D eigenvalue weighted by atomic mass is 16.3. The van der Waals surface area contributed by atoms with Crippen molar-refractivity contribution in [3.63, 3.8) is 0 Å². The van der Waals surface area contributed by atoms with Crippen molar-refractivity contribution in [2.75, 3.05) is 4.90 Å². The number of hydrogen-bond donors (Lipinski definition) is 0. The van der Waals surface area contributed by atoms with Crippen LogP contribution in [0.2, 0.25) is 0 Å². The number of benzene rings is 9. The summed E-state index contributed by atoms with van der Waals surface area (Å²) in [6.07, 6.45) is 0. The Morgan fingerprint density at radius 2 is 0.982 bits per heavy atom. The van der Waals surface area contributed by atoms with E-state index in [1.165, 1.54) is 43.7 Å². The second-order valence-corrected chi connectivity index (χ2v) is 14.1. The van der Waals surface area contributed by atoms with Gasteiger partial charge >= 0.3 is 0 Å². The van der Waals surface area contributed by atoms with Gasteiger partial charge in [0.05, 0.1) is 33.5 Å². The topological polar surface area (TPSA) is 21.3 Å². The van der Waals surface area contributed by atoms with Gasteiger partial charge in [-0.05, 0) is 71.1 Å². The van der Waals surface area contributed by atoms with Gasteiger partial charge in [-0.15, -0.1) is 0 Å². The molecule has 258 valence electrons. The summed E-state index contributed by atoms with van der Waals surface area (Å²) < 4.78 is 9.38. The van der Waals surface area contributed by atoms with Crippen molar-refractivity contribution < 1.29 is 4.42 Å². The Labute approximate surface area is 318 Å². The number of para-hydroxylation sites is 4. The van der Waals surface area contributed by atoms with Gasteiger partial charge in [0.15, 0.2) is 0 Å². The van der Waals surface area contributed by atoms with E-state index in [1.54, 1.807) is 0 Å². The molecular formula is C52H34N2O. The second kappa shape index (κ2) is 12.6. The third-order valence-electron chi connectivity index (χ3n) is 11.0. The molecule has 0 N–H and O–H groups in total. The molecule has 0 unspecified atom stereocenters. The Morgan fingerprint density at radius 1 is 0.382 bits per heavy atom. The second-order valence-electron chi connectivity index (χ2n) is 14.1. The minimum Gasteiger partial charge on any atom is -0.455 e.